The molecule has 0 N–H and O–H groups in total. The summed E-state index contributed by atoms with van der Waals surface area (Å²) in [6, 6.07) is 6.53. The lowest BCUT2D eigenvalue weighted by atomic mass is 10.1. The third-order valence-electron chi connectivity index (χ3n) is 2.42. The van der Waals surface area contributed by atoms with Gasteiger partial charge in [-0.05, 0) is 18.2 Å². The zero-order valence-electron chi connectivity index (χ0n) is 10.1. The number of halogens is 6. The Morgan fingerprint density at radius 2 is 1.48 bits per heavy atom. The van der Waals surface area contributed by atoms with Gasteiger partial charge in [0, 0.05) is 18.3 Å². The maximum Gasteiger partial charge on any atom is 0.420 e. The average Bonchev–Trinajstić information content (AvgIpc) is 2.37. The van der Waals surface area contributed by atoms with Crippen LogP contribution in [-0.2, 0) is 12.4 Å². The van der Waals surface area contributed by atoms with Crippen molar-refractivity contribution in [3.8, 4) is 11.6 Å². The Labute approximate surface area is 115 Å². The van der Waals surface area contributed by atoms with E-state index in [9.17, 15) is 26.3 Å². The van der Waals surface area contributed by atoms with Gasteiger partial charge >= 0.3 is 12.4 Å². The van der Waals surface area contributed by atoms with Gasteiger partial charge in [0.2, 0.25) is 5.88 Å². The summed E-state index contributed by atoms with van der Waals surface area (Å²) in [6.07, 6.45) is -8.91. The Balaban J connectivity index is 2.59. The number of hydrogen-bond donors (Lipinski definition) is 0. The first-order chi connectivity index (χ1) is 9.69. The highest BCUT2D eigenvalue weighted by Crippen LogP contribution is 2.45. The second-order valence-electron chi connectivity index (χ2n) is 3.88. The molecule has 0 aliphatic heterocycles. The van der Waals surface area contributed by atoms with E-state index in [1.54, 1.807) is 0 Å². The third kappa shape index (κ3) is 3.45. The molecule has 0 aliphatic rings. The molecule has 0 unspecified atom stereocenters. The highest BCUT2D eigenvalue weighted by atomic mass is 19.4. The highest BCUT2D eigenvalue weighted by molar-refractivity contribution is 5.46. The van der Waals surface area contributed by atoms with E-state index in [1.807, 2.05) is 0 Å². The molecule has 0 fully saturated rings. The SMILES string of the molecule is FC(F)(F)c1cccc(C(F)(F)F)c1Oc1cc[c]cn1. The maximum atomic E-state index is 12.8. The standard InChI is InChI=1S/C13H6F6NO/c14-12(15,16)8-4-3-5-9(13(17,18)19)11(8)21-10-6-1-2-7-20-10/h1,3-7H. The predicted molar refractivity (Wildman–Crippen MR) is 59.6 cm³/mol. The number of para-hydroxylation sites is 1. The van der Waals surface area contributed by atoms with Gasteiger partial charge in [-0.25, -0.2) is 4.98 Å². The van der Waals surface area contributed by atoms with E-state index < -0.39 is 35.1 Å². The Bertz CT molecular complexity index is 589. The van der Waals surface area contributed by atoms with E-state index in [0.29, 0.717) is 18.2 Å². The summed E-state index contributed by atoms with van der Waals surface area (Å²) in [5, 5.41) is 0. The summed E-state index contributed by atoms with van der Waals surface area (Å²) in [5.74, 6) is -1.72. The molecule has 21 heavy (non-hydrogen) atoms. The smallest absolute Gasteiger partial charge is 0.420 e. The fourth-order valence-electron chi connectivity index (χ4n) is 1.56. The molecular weight excluding hydrogens is 300 g/mol. The topological polar surface area (TPSA) is 22.1 Å². The second-order valence-corrected chi connectivity index (χ2v) is 3.88. The number of benzene rings is 1. The van der Waals surface area contributed by atoms with Crippen LogP contribution in [0.3, 0.4) is 0 Å². The van der Waals surface area contributed by atoms with Gasteiger partial charge in [0.1, 0.15) is 0 Å². The fourth-order valence-corrected chi connectivity index (χ4v) is 1.56. The lowest BCUT2D eigenvalue weighted by molar-refractivity contribution is -0.145. The molecule has 2 rings (SSSR count). The highest BCUT2D eigenvalue weighted by Gasteiger charge is 2.42. The van der Waals surface area contributed by atoms with E-state index in [4.69, 9.17) is 4.74 Å². The second kappa shape index (κ2) is 5.27. The summed E-state index contributed by atoms with van der Waals surface area (Å²) in [6.45, 7) is 0. The first kappa shape index (κ1) is 15.1. The Kier molecular flexibility index (Phi) is 3.80. The quantitative estimate of drug-likeness (QED) is 0.750. The van der Waals surface area contributed by atoms with E-state index >= 15 is 0 Å². The van der Waals surface area contributed by atoms with Crippen LogP contribution in [0.2, 0.25) is 0 Å². The van der Waals surface area contributed by atoms with Crippen molar-refractivity contribution in [3.05, 3.63) is 53.7 Å². The number of hydrogen-bond acceptors (Lipinski definition) is 2. The van der Waals surface area contributed by atoms with Gasteiger partial charge in [0.25, 0.3) is 0 Å². The number of rotatable bonds is 2. The van der Waals surface area contributed by atoms with Crippen molar-refractivity contribution < 1.29 is 31.1 Å². The molecule has 0 atom stereocenters. The van der Waals surface area contributed by atoms with Crippen LogP contribution in [0.4, 0.5) is 26.3 Å². The van der Waals surface area contributed by atoms with E-state index in [1.165, 1.54) is 6.07 Å². The van der Waals surface area contributed by atoms with Crippen LogP contribution in [0, 0.1) is 6.07 Å². The number of nitrogens with zero attached hydrogens (tertiary/aromatic N) is 1. The Hall–Kier alpha value is -2.25. The normalized spacial score (nSPS) is 12.3. The molecular formula is C13H6F6NO. The molecule has 0 amide bonds. The van der Waals surface area contributed by atoms with Gasteiger partial charge in [0.15, 0.2) is 5.75 Å². The molecule has 1 aromatic heterocycles. The molecule has 1 radical (unpaired) electrons. The minimum absolute atomic E-state index is 0.393. The van der Waals surface area contributed by atoms with E-state index in [-0.39, 0.29) is 0 Å². The minimum atomic E-state index is -4.99. The van der Waals surface area contributed by atoms with Gasteiger partial charge in [-0.3, -0.25) is 0 Å². The van der Waals surface area contributed by atoms with Crippen LogP contribution in [0.25, 0.3) is 0 Å². The lowest BCUT2D eigenvalue weighted by Gasteiger charge is -2.18. The molecule has 8 heteroatoms. The Morgan fingerprint density at radius 3 is 1.90 bits per heavy atom. The lowest BCUT2D eigenvalue weighted by Crippen LogP contribution is -2.13. The molecule has 0 saturated carbocycles. The van der Waals surface area contributed by atoms with Crippen molar-refractivity contribution in [2.24, 2.45) is 0 Å². The first-order valence-electron chi connectivity index (χ1n) is 5.47. The van der Waals surface area contributed by atoms with Crippen molar-refractivity contribution >= 4 is 0 Å². The molecule has 0 bridgehead atoms. The summed E-state index contributed by atoms with van der Waals surface area (Å²) < 4.78 is 81.8. The molecule has 0 spiro atoms. The van der Waals surface area contributed by atoms with Crippen LogP contribution in [0.15, 0.2) is 36.5 Å². The van der Waals surface area contributed by atoms with Crippen LogP contribution in [0.5, 0.6) is 11.6 Å². The summed E-state index contributed by atoms with van der Waals surface area (Å²) in [5.41, 5.74) is -3.04. The Morgan fingerprint density at radius 1 is 0.905 bits per heavy atom. The van der Waals surface area contributed by atoms with E-state index in [0.717, 1.165) is 12.3 Å². The first-order valence-corrected chi connectivity index (χ1v) is 5.47. The van der Waals surface area contributed by atoms with Crippen LogP contribution < -0.4 is 4.74 Å². The summed E-state index contributed by atoms with van der Waals surface area (Å²) in [4.78, 5) is 3.51. The number of alkyl halides is 6. The molecule has 1 heterocycles. The van der Waals surface area contributed by atoms with Crippen LogP contribution in [-0.4, -0.2) is 4.98 Å². The van der Waals surface area contributed by atoms with Crippen molar-refractivity contribution in [1.29, 1.82) is 0 Å². The van der Waals surface area contributed by atoms with Crippen LogP contribution in [0.1, 0.15) is 11.1 Å². The van der Waals surface area contributed by atoms with Crippen LogP contribution >= 0.6 is 0 Å². The summed E-state index contributed by atoms with van der Waals surface area (Å²) >= 11 is 0. The molecule has 2 aromatic rings. The van der Waals surface area contributed by atoms with Gasteiger partial charge in [0.05, 0.1) is 11.1 Å². The van der Waals surface area contributed by atoms with Crippen molar-refractivity contribution in [3.63, 3.8) is 0 Å². The van der Waals surface area contributed by atoms with E-state index in [2.05, 4.69) is 11.1 Å². The third-order valence-corrected chi connectivity index (χ3v) is 2.42. The maximum absolute atomic E-state index is 12.8. The van der Waals surface area contributed by atoms with Crippen molar-refractivity contribution in [2.45, 2.75) is 12.4 Å². The fraction of sp³-hybridized carbons (Fsp3) is 0.154. The molecule has 1 aromatic carbocycles. The average molecular weight is 306 g/mol. The number of aromatic nitrogens is 1. The largest absolute Gasteiger partial charge is 0.438 e. The van der Waals surface area contributed by atoms with Gasteiger partial charge in [-0.1, -0.05) is 6.07 Å². The van der Waals surface area contributed by atoms with Gasteiger partial charge < -0.3 is 4.74 Å². The number of pyridine rings is 1. The number of ether oxygens (including phenoxy) is 1. The minimum Gasteiger partial charge on any atom is -0.438 e. The molecule has 2 nitrogen and oxygen atoms in total. The monoisotopic (exact) mass is 306 g/mol. The van der Waals surface area contributed by atoms with Crippen molar-refractivity contribution in [1.82, 2.24) is 4.98 Å². The molecule has 111 valence electrons. The zero-order valence-corrected chi connectivity index (χ0v) is 10.1. The summed E-state index contributed by atoms with van der Waals surface area (Å²) in [7, 11) is 0. The predicted octanol–water partition coefficient (Wildman–Crippen LogP) is 4.71. The molecule has 0 aliphatic carbocycles. The van der Waals surface area contributed by atoms with Crippen molar-refractivity contribution in [2.75, 3.05) is 0 Å². The zero-order chi connectivity index (χ0) is 15.7. The van der Waals surface area contributed by atoms with Gasteiger partial charge in [-0.2, -0.15) is 26.3 Å². The molecule has 0 saturated heterocycles. The van der Waals surface area contributed by atoms with Gasteiger partial charge in [-0.15, -0.1) is 0 Å².